The number of ether oxygens (including phenoxy) is 1. The molecule has 0 fully saturated rings. The summed E-state index contributed by atoms with van der Waals surface area (Å²) in [5.74, 6) is 0.196. The fraction of sp³-hybridized carbons (Fsp3) is 0.105. The summed E-state index contributed by atoms with van der Waals surface area (Å²) < 4.78 is 31.4. The number of carbonyl (C=O) groups excluding carboxylic acids is 1. The van der Waals surface area contributed by atoms with Gasteiger partial charge in [-0.2, -0.15) is 8.42 Å². The third-order valence-electron chi connectivity index (χ3n) is 3.77. The number of aromatic nitrogens is 1. The van der Waals surface area contributed by atoms with Crippen LogP contribution < -0.4 is 0 Å². The number of hydrogen-bond acceptors (Lipinski definition) is 5. The maximum absolute atomic E-state index is 12.4. The van der Waals surface area contributed by atoms with Crippen LogP contribution >= 0.6 is 0 Å². The summed E-state index contributed by atoms with van der Waals surface area (Å²) in [6, 6.07) is 7.68. The van der Waals surface area contributed by atoms with E-state index >= 15 is 0 Å². The Morgan fingerprint density at radius 3 is 2.81 bits per heavy atom. The van der Waals surface area contributed by atoms with Crippen molar-refractivity contribution in [1.82, 2.24) is 9.88 Å². The van der Waals surface area contributed by atoms with Gasteiger partial charge >= 0.3 is 5.97 Å². The normalized spacial score (nSPS) is 15.4. The molecule has 0 atom stereocenters. The highest BCUT2D eigenvalue weighted by molar-refractivity contribution is 7.85. The van der Waals surface area contributed by atoms with E-state index in [0.717, 1.165) is 23.1 Å². The van der Waals surface area contributed by atoms with E-state index in [2.05, 4.69) is 16.0 Å². The fourth-order valence-corrected chi connectivity index (χ4v) is 2.64. The molecule has 1 aromatic heterocycles. The van der Waals surface area contributed by atoms with Crippen LogP contribution in [-0.4, -0.2) is 41.6 Å². The van der Waals surface area contributed by atoms with Crippen molar-refractivity contribution in [2.24, 2.45) is 0 Å². The number of carbonyl (C=O) groups is 1. The first kappa shape index (κ1) is 18.7. The van der Waals surface area contributed by atoms with Crippen molar-refractivity contribution in [1.29, 1.82) is 0 Å². The number of fused-ring (bicyclic) bond motifs is 2. The van der Waals surface area contributed by atoms with Crippen LogP contribution in [-0.2, 0) is 14.9 Å². The second kappa shape index (κ2) is 7.65. The Bertz CT molecular complexity index is 1080. The van der Waals surface area contributed by atoms with Gasteiger partial charge in [0.2, 0.25) is 0 Å². The van der Waals surface area contributed by atoms with Crippen molar-refractivity contribution < 1.29 is 22.5 Å². The van der Waals surface area contributed by atoms with E-state index in [0.29, 0.717) is 17.6 Å². The monoisotopic (exact) mass is 386 g/mol. The summed E-state index contributed by atoms with van der Waals surface area (Å²) >= 11 is 0. The molecule has 3 heterocycles. The molecule has 0 unspecified atom stereocenters. The average Bonchev–Trinajstić information content (AvgIpc) is 3.04. The summed E-state index contributed by atoms with van der Waals surface area (Å²) in [5, 5.41) is 0.870. The Morgan fingerprint density at radius 1 is 1.30 bits per heavy atom. The minimum atomic E-state index is -3.67. The van der Waals surface area contributed by atoms with Gasteiger partial charge in [0.25, 0.3) is 10.1 Å². The molecule has 4 rings (SSSR count). The molecular weight excluding hydrogens is 368 g/mol. The Morgan fingerprint density at radius 2 is 2.04 bits per heavy atom. The maximum atomic E-state index is 12.4. The second-order valence-electron chi connectivity index (χ2n) is 5.90. The molecule has 1 aromatic carbocycles. The quantitative estimate of drug-likeness (QED) is 0.608. The van der Waals surface area contributed by atoms with Gasteiger partial charge in [0.1, 0.15) is 5.76 Å². The van der Waals surface area contributed by atoms with E-state index in [9.17, 15) is 13.2 Å². The lowest BCUT2D eigenvalue weighted by Crippen LogP contribution is -2.20. The number of nitrogens with zero attached hydrogens (tertiary/aromatic N) is 1. The smallest absolute Gasteiger partial charge is 0.345 e. The van der Waals surface area contributed by atoms with E-state index in [1.165, 1.54) is 0 Å². The molecule has 0 saturated carbocycles. The van der Waals surface area contributed by atoms with Crippen LogP contribution in [0, 0.1) is 0 Å². The summed E-state index contributed by atoms with van der Waals surface area (Å²) in [6.07, 6.45) is 14.1. The van der Waals surface area contributed by atoms with Crippen molar-refractivity contribution in [3.8, 4) is 0 Å². The Labute approximate surface area is 156 Å². The molecule has 0 aliphatic carbocycles. The minimum absolute atomic E-state index is 0.353. The van der Waals surface area contributed by atoms with Gasteiger partial charge < -0.3 is 14.6 Å². The highest BCUT2D eigenvalue weighted by atomic mass is 32.2. The zero-order valence-corrected chi connectivity index (χ0v) is 15.3. The maximum Gasteiger partial charge on any atom is 0.345 e. The third-order valence-corrected chi connectivity index (χ3v) is 3.77. The van der Waals surface area contributed by atoms with Crippen LogP contribution in [0.3, 0.4) is 0 Å². The minimum Gasteiger partial charge on any atom is -0.423 e. The number of rotatable bonds is 2. The van der Waals surface area contributed by atoms with Gasteiger partial charge in [-0.3, -0.25) is 4.55 Å². The van der Waals surface area contributed by atoms with Gasteiger partial charge in [0, 0.05) is 41.6 Å². The van der Waals surface area contributed by atoms with Crippen LogP contribution in [0.2, 0.25) is 0 Å². The average molecular weight is 386 g/mol. The molecule has 2 N–H and O–H groups in total. The fourth-order valence-electron chi connectivity index (χ4n) is 2.64. The molecule has 140 valence electrons. The lowest BCUT2D eigenvalue weighted by Gasteiger charge is -2.25. The Balaban J connectivity index is 0.000000376. The van der Waals surface area contributed by atoms with Crippen molar-refractivity contribution in [2.75, 3.05) is 12.8 Å². The van der Waals surface area contributed by atoms with Crippen molar-refractivity contribution in [2.45, 2.75) is 0 Å². The molecule has 0 radical (unpaired) electrons. The highest BCUT2D eigenvalue weighted by Crippen LogP contribution is 2.23. The van der Waals surface area contributed by atoms with E-state index in [1.807, 2.05) is 54.8 Å². The van der Waals surface area contributed by atoms with Gasteiger partial charge in [0.05, 0.1) is 11.8 Å². The number of benzene rings is 1. The molecule has 2 aliphatic rings. The molecule has 0 saturated heterocycles. The van der Waals surface area contributed by atoms with Crippen LogP contribution in [0.5, 0.6) is 0 Å². The van der Waals surface area contributed by atoms with E-state index in [1.54, 1.807) is 6.20 Å². The number of H-pyrrole nitrogens is 1. The molecule has 7 nitrogen and oxygen atoms in total. The van der Waals surface area contributed by atoms with E-state index < -0.39 is 10.1 Å². The zero-order valence-electron chi connectivity index (χ0n) is 14.5. The summed E-state index contributed by atoms with van der Waals surface area (Å²) in [6.45, 7) is 0.836. The predicted octanol–water partition coefficient (Wildman–Crippen LogP) is 3.00. The first-order chi connectivity index (χ1) is 12.8. The first-order valence-electron chi connectivity index (χ1n) is 8.05. The van der Waals surface area contributed by atoms with Crippen LogP contribution in [0.25, 0.3) is 10.9 Å². The Kier molecular flexibility index (Phi) is 5.29. The highest BCUT2D eigenvalue weighted by Gasteiger charge is 2.17. The van der Waals surface area contributed by atoms with Crippen LogP contribution in [0.4, 0.5) is 0 Å². The molecule has 2 aliphatic heterocycles. The van der Waals surface area contributed by atoms with E-state index in [-0.39, 0.29) is 5.97 Å². The third kappa shape index (κ3) is 4.96. The predicted molar refractivity (Wildman–Crippen MR) is 102 cm³/mol. The molecule has 0 amide bonds. The SMILES string of the molecule is CS(=O)(=O)O.O=C(OC1=CC2=CC=CCN2C=C1)c1c[nH]c2ccccc12. The van der Waals surface area contributed by atoms with Gasteiger partial charge in [-0.15, -0.1) is 0 Å². The number of para-hydroxylation sites is 1. The topological polar surface area (TPSA) is 99.7 Å². The lowest BCUT2D eigenvalue weighted by atomic mass is 10.1. The number of esters is 1. The molecule has 2 aromatic rings. The number of nitrogens with one attached hydrogen (secondary N) is 1. The Hall–Kier alpha value is -3.10. The summed E-state index contributed by atoms with van der Waals surface area (Å²) in [5.41, 5.74) is 2.49. The van der Waals surface area contributed by atoms with E-state index in [4.69, 9.17) is 9.29 Å². The zero-order chi connectivity index (χ0) is 19.4. The summed E-state index contributed by atoms with van der Waals surface area (Å²) in [7, 11) is -3.67. The van der Waals surface area contributed by atoms with Crippen LogP contribution in [0.1, 0.15) is 10.4 Å². The van der Waals surface area contributed by atoms with Crippen molar-refractivity contribution in [3.63, 3.8) is 0 Å². The standard InChI is InChI=1S/C18H14N2O2.CH4O3S/c21-18(16-12-19-17-7-2-1-6-15(16)17)22-14-8-10-20-9-4-3-5-13(20)11-14;1-5(2,3)4/h1-8,10-12,19H,9H2;1H3,(H,2,3,4). The number of allylic oxidation sites excluding steroid dienone is 4. The number of hydrogen-bond donors (Lipinski definition) is 2. The molecule has 27 heavy (non-hydrogen) atoms. The van der Waals surface area contributed by atoms with Gasteiger partial charge in [-0.1, -0.05) is 30.4 Å². The lowest BCUT2D eigenvalue weighted by molar-refractivity contribution is 0.0637. The van der Waals surface area contributed by atoms with Gasteiger partial charge in [-0.25, -0.2) is 4.79 Å². The van der Waals surface area contributed by atoms with Gasteiger partial charge in [-0.05, 0) is 18.2 Å². The first-order valence-corrected chi connectivity index (χ1v) is 9.90. The summed E-state index contributed by atoms with van der Waals surface area (Å²) in [4.78, 5) is 17.6. The molecule has 8 heteroatoms. The molecular formula is C19H18N2O5S. The molecule has 0 bridgehead atoms. The van der Waals surface area contributed by atoms with Crippen molar-refractivity contribution >= 4 is 27.0 Å². The molecule has 0 spiro atoms. The van der Waals surface area contributed by atoms with Gasteiger partial charge in [0.15, 0.2) is 0 Å². The van der Waals surface area contributed by atoms with Crippen molar-refractivity contribution in [3.05, 3.63) is 84.1 Å². The second-order valence-corrected chi connectivity index (χ2v) is 7.37. The largest absolute Gasteiger partial charge is 0.423 e. The van der Waals surface area contributed by atoms with Crippen LogP contribution in [0.15, 0.2) is 78.5 Å². The number of aromatic amines is 1.